The summed E-state index contributed by atoms with van der Waals surface area (Å²) in [6.07, 6.45) is 6.01. The molecule has 0 saturated heterocycles. The summed E-state index contributed by atoms with van der Waals surface area (Å²) in [6.45, 7) is 5.55. The highest BCUT2D eigenvalue weighted by Crippen LogP contribution is 2.67. The molecule has 3 saturated carbocycles. The number of nitrogens with zero attached hydrogens (tertiary/aromatic N) is 2. The van der Waals surface area contributed by atoms with Crippen molar-refractivity contribution in [3.63, 3.8) is 0 Å². The molecular formula is C19H21ClFN3O2. The van der Waals surface area contributed by atoms with Crippen LogP contribution in [-0.4, -0.2) is 27.0 Å². The van der Waals surface area contributed by atoms with E-state index in [0.717, 1.165) is 24.8 Å². The Balaban J connectivity index is 1.42. The lowest BCUT2D eigenvalue weighted by molar-refractivity contribution is -0.0884. The maximum absolute atomic E-state index is 13.7. The van der Waals surface area contributed by atoms with E-state index >= 15 is 0 Å². The standard InChI is InChI=1S/C19H21ClFN3O2/c1-17(2,3)26-16(25)23-19-9-18(10-19,11-19)12-7-22-24(8-12)13-4-5-14(20)15(21)6-13/h4-8H,9-11H2,1-3H3,(H,23,25). The predicted octanol–water partition coefficient (Wildman–Crippen LogP) is 4.36. The second-order valence-electron chi connectivity index (χ2n) is 8.49. The zero-order valence-electron chi connectivity index (χ0n) is 15.0. The zero-order valence-corrected chi connectivity index (χ0v) is 15.7. The van der Waals surface area contributed by atoms with E-state index in [1.165, 1.54) is 12.1 Å². The minimum atomic E-state index is -0.500. The fraction of sp³-hybridized carbons (Fsp3) is 0.474. The molecule has 3 fully saturated rings. The van der Waals surface area contributed by atoms with Crippen LogP contribution in [0, 0.1) is 5.82 Å². The lowest BCUT2D eigenvalue weighted by Gasteiger charge is -2.70. The number of halogens is 2. The van der Waals surface area contributed by atoms with E-state index in [1.54, 1.807) is 10.7 Å². The molecule has 7 heteroatoms. The number of rotatable bonds is 3. The Labute approximate surface area is 156 Å². The van der Waals surface area contributed by atoms with Gasteiger partial charge in [0, 0.05) is 23.2 Å². The van der Waals surface area contributed by atoms with Gasteiger partial charge in [-0.25, -0.2) is 13.9 Å². The van der Waals surface area contributed by atoms with Crippen molar-refractivity contribution in [2.24, 2.45) is 0 Å². The summed E-state index contributed by atoms with van der Waals surface area (Å²) < 4.78 is 20.7. The summed E-state index contributed by atoms with van der Waals surface area (Å²) in [5, 5.41) is 7.46. The first-order chi connectivity index (χ1) is 12.1. The fourth-order valence-electron chi connectivity index (χ4n) is 4.11. The number of amides is 1. The number of carbonyl (C=O) groups is 1. The fourth-order valence-corrected chi connectivity index (χ4v) is 4.23. The van der Waals surface area contributed by atoms with Gasteiger partial charge in [0.1, 0.15) is 11.4 Å². The molecule has 3 aliphatic carbocycles. The van der Waals surface area contributed by atoms with E-state index in [2.05, 4.69) is 10.4 Å². The van der Waals surface area contributed by atoms with Crippen molar-refractivity contribution in [2.45, 2.75) is 56.6 Å². The molecule has 0 spiro atoms. The largest absolute Gasteiger partial charge is 0.444 e. The Morgan fingerprint density at radius 3 is 2.65 bits per heavy atom. The van der Waals surface area contributed by atoms with E-state index in [-0.39, 0.29) is 22.1 Å². The molecule has 138 valence electrons. The van der Waals surface area contributed by atoms with E-state index in [9.17, 15) is 9.18 Å². The summed E-state index contributed by atoms with van der Waals surface area (Å²) in [7, 11) is 0. The Morgan fingerprint density at radius 2 is 2.04 bits per heavy atom. The smallest absolute Gasteiger partial charge is 0.408 e. The summed E-state index contributed by atoms with van der Waals surface area (Å²) in [5.74, 6) is -0.466. The predicted molar refractivity (Wildman–Crippen MR) is 96.2 cm³/mol. The minimum Gasteiger partial charge on any atom is -0.444 e. The maximum Gasteiger partial charge on any atom is 0.408 e. The molecule has 0 aliphatic heterocycles. The van der Waals surface area contributed by atoms with Crippen LogP contribution in [0.5, 0.6) is 0 Å². The first-order valence-corrected chi connectivity index (χ1v) is 9.00. The van der Waals surface area contributed by atoms with Gasteiger partial charge >= 0.3 is 6.09 Å². The maximum atomic E-state index is 13.7. The Bertz CT molecular complexity index is 867. The quantitative estimate of drug-likeness (QED) is 0.864. The van der Waals surface area contributed by atoms with Crippen LogP contribution >= 0.6 is 11.6 Å². The molecule has 5 nitrogen and oxygen atoms in total. The number of alkyl carbamates (subject to hydrolysis) is 1. The van der Waals surface area contributed by atoms with Crippen LogP contribution in [0.1, 0.15) is 45.6 Å². The third-order valence-electron chi connectivity index (χ3n) is 5.16. The molecule has 1 heterocycles. The second-order valence-corrected chi connectivity index (χ2v) is 8.90. The molecule has 0 atom stereocenters. The van der Waals surface area contributed by atoms with Crippen molar-refractivity contribution in [1.29, 1.82) is 0 Å². The van der Waals surface area contributed by atoms with E-state index in [0.29, 0.717) is 5.69 Å². The molecule has 2 aromatic rings. The van der Waals surface area contributed by atoms with Crippen LogP contribution in [0.2, 0.25) is 5.02 Å². The summed E-state index contributed by atoms with van der Waals surface area (Å²) >= 11 is 5.73. The van der Waals surface area contributed by atoms with E-state index in [4.69, 9.17) is 16.3 Å². The van der Waals surface area contributed by atoms with Crippen LogP contribution in [0.3, 0.4) is 0 Å². The molecular weight excluding hydrogens is 357 g/mol. The number of hydrogen-bond acceptors (Lipinski definition) is 3. The van der Waals surface area contributed by atoms with Crippen molar-refractivity contribution >= 4 is 17.7 Å². The van der Waals surface area contributed by atoms with Gasteiger partial charge in [-0.15, -0.1) is 0 Å². The van der Waals surface area contributed by atoms with Crippen LogP contribution < -0.4 is 5.32 Å². The molecule has 5 rings (SSSR count). The normalized spacial score (nSPS) is 26.7. The third kappa shape index (κ3) is 2.86. The van der Waals surface area contributed by atoms with Crippen LogP contribution in [0.4, 0.5) is 9.18 Å². The van der Waals surface area contributed by atoms with Crippen molar-refractivity contribution in [3.05, 3.63) is 47.0 Å². The topological polar surface area (TPSA) is 56.1 Å². The summed E-state index contributed by atoms with van der Waals surface area (Å²) in [6, 6.07) is 4.62. The van der Waals surface area contributed by atoms with Gasteiger partial charge in [0.25, 0.3) is 0 Å². The number of ether oxygens (including phenoxy) is 1. The average molecular weight is 378 g/mol. The molecule has 1 aromatic heterocycles. The Kier molecular flexibility index (Phi) is 3.64. The lowest BCUT2D eigenvalue weighted by Crippen LogP contribution is -2.76. The van der Waals surface area contributed by atoms with Crippen LogP contribution in [0.25, 0.3) is 5.69 Å². The number of benzene rings is 1. The molecule has 1 aromatic carbocycles. The monoisotopic (exact) mass is 377 g/mol. The van der Waals surface area contributed by atoms with Gasteiger partial charge in [0.2, 0.25) is 0 Å². The van der Waals surface area contributed by atoms with Crippen molar-refractivity contribution in [1.82, 2.24) is 15.1 Å². The summed E-state index contributed by atoms with van der Waals surface area (Å²) in [4.78, 5) is 12.0. The second kappa shape index (κ2) is 5.46. The van der Waals surface area contributed by atoms with Crippen molar-refractivity contribution < 1.29 is 13.9 Å². The summed E-state index contributed by atoms with van der Waals surface area (Å²) in [5.41, 5.74) is 1.14. The van der Waals surface area contributed by atoms with Crippen molar-refractivity contribution in [2.75, 3.05) is 0 Å². The highest BCUT2D eigenvalue weighted by atomic mass is 35.5. The van der Waals surface area contributed by atoms with Gasteiger partial charge in [-0.2, -0.15) is 5.10 Å². The first kappa shape index (κ1) is 17.3. The van der Waals surface area contributed by atoms with Gasteiger partial charge in [-0.1, -0.05) is 11.6 Å². The van der Waals surface area contributed by atoms with Crippen molar-refractivity contribution in [3.8, 4) is 5.69 Å². The van der Waals surface area contributed by atoms with Gasteiger partial charge in [-0.3, -0.25) is 0 Å². The first-order valence-electron chi connectivity index (χ1n) is 8.62. The van der Waals surface area contributed by atoms with Gasteiger partial charge < -0.3 is 10.1 Å². The van der Waals surface area contributed by atoms with E-state index < -0.39 is 11.4 Å². The molecule has 0 unspecified atom stereocenters. The zero-order chi connectivity index (χ0) is 18.7. The highest BCUT2D eigenvalue weighted by Gasteiger charge is 2.69. The SMILES string of the molecule is CC(C)(C)OC(=O)NC12CC(c3cnn(-c4ccc(Cl)c(F)c4)c3)(C1)C2. The van der Waals surface area contributed by atoms with Gasteiger partial charge in [-0.05, 0) is 57.7 Å². The molecule has 26 heavy (non-hydrogen) atoms. The number of carbonyl (C=O) groups excluding carboxylic acids is 1. The van der Waals surface area contributed by atoms with Crippen LogP contribution in [-0.2, 0) is 10.2 Å². The van der Waals surface area contributed by atoms with Crippen LogP contribution in [0.15, 0.2) is 30.6 Å². The van der Waals surface area contributed by atoms with E-state index in [1.807, 2.05) is 33.2 Å². The molecule has 3 aliphatic rings. The molecule has 1 N–H and O–H groups in total. The average Bonchev–Trinajstić information content (AvgIpc) is 2.92. The highest BCUT2D eigenvalue weighted by molar-refractivity contribution is 6.30. The lowest BCUT2D eigenvalue weighted by atomic mass is 9.38. The van der Waals surface area contributed by atoms with Gasteiger partial charge in [0.05, 0.1) is 16.9 Å². The molecule has 0 radical (unpaired) electrons. The Hall–Kier alpha value is -2.08. The molecule has 1 amide bonds. The number of nitrogens with one attached hydrogen (secondary N) is 1. The number of aromatic nitrogens is 2. The molecule has 2 bridgehead atoms. The minimum absolute atomic E-state index is 0.0538. The Morgan fingerprint density at radius 1 is 1.35 bits per heavy atom. The number of hydrogen-bond donors (Lipinski definition) is 1. The van der Waals surface area contributed by atoms with Gasteiger partial charge in [0.15, 0.2) is 0 Å². The third-order valence-corrected chi connectivity index (χ3v) is 5.47.